The van der Waals surface area contributed by atoms with E-state index in [0.717, 1.165) is 17.8 Å². The summed E-state index contributed by atoms with van der Waals surface area (Å²) in [5.74, 6) is 0.424. The zero-order valence-corrected chi connectivity index (χ0v) is 13.5. The third-order valence-electron chi connectivity index (χ3n) is 3.68. The van der Waals surface area contributed by atoms with Crippen molar-refractivity contribution in [2.24, 2.45) is 5.92 Å². The molecule has 1 atom stereocenters. The molecular formula is C17H25N3O2. The zero-order chi connectivity index (χ0) is 16.2. The van der Waals surface area contributed by atoms with E-state index in [2.05, 4.69) is 24.1 Å². The van der Waals surface area contributed by atoms with Crippen LogP contribution in [0.15, 0.2) is 30.6 Å². The monoisotopic (exact) mass is 303 g/mol. The van der Waals surface area contributed by atoms with E-state index in [1.165, 1.54) is 0 Å². The van der Waals surface area contributed by atoms with Crippen molar-refractivity contribution in [1.82, 2.24) is 14.7 Å². The first kappa shape index (κ1) is 16.5. The minimum absolute atomic E-state index is 0.117. The van der Waals surface area contributed by atoms with Crippen LogP contribution < -0.4 is 5.32 Å². The van der Waals surface area contributed by atoms with E-state index >= 15 is 0 Å². The van der Waals surface area contributed by atoms with Crippen LogP contribution in [0, 0.1) is 5.92 Å². The number of nitrogens with zero attached hydrogens (tertiary/aromatic N) is 2. The van der Waals surface area contributed by atoms with Gasteiger partial charge in [-0.15, -0.1) is 0 Å². The summed E-state index contributed by atoms with van der Waals surface area (Å²) >= 11 is 0. The number of carbonyl (C=O) groups excluding carboxylic acids is 1. The molecule has 0 aromatic carbocycles. The van der Waals surface area contributed by atoms with Gasteiger partial charge in [-0.05, 0) is 37.8 Å². The van der Waals surface area contributed by atoms with Gasteiger partial charge in [0.05, 0.1) is 17.7 Å². The Bertz CT molecular complexity index is 599. The largest absolute Gasteiger partial charge is 0.388 e. The Morgan fingerprint density at radius 2 is 2.23 bits per heavy atom. The van der Waals surface area contributed by atoms with E-state index in [1.807, 2.05) is 35.0 Å². The molecule has 120 valence electrons. The molecule has 0 saturated heterocycles. The molecule has 1 amide bonds. The van der Waals surface area contributed by atoms with Crippen LogP contribution in [0.2, 0.25) is 0 Å². The van der Waals surface area contributed by atoms with Crippen molar-refractivity contribution in [2.75, 3.05) is 6.54 Å². The highest BCUT2D eigenvalue weighted by molar-refractivity contribution is 5.78. The van der Waals surface area contributed by atoms with Crippen molar-refractivity contribution < 1.29 is 9.90 Å². The fraction of sp³-hybridized carbons (Fsp3) is 0.529. The summed E-state index contributed by atoms with van der Waals surface area (Å²) in [6.45, 7) is 6.28. The van der Waals surface area contributed by atoms with Crippen LogP contribution in [0.3, 0.4) is 0 Å². The number of hydrogen-bond acceptors (Lipinski definition) is 3. The van der Waals surface area contributed by atoms with Crippen molar-refractivity contribution in [3.8, 4) is 0 Å². The molecule has 0 saturated carbocycles. The Balaban J connectivity index is 1.84. The third kappa shape index (κ3) is 4.84. The predicted octanol–water partition coefficient (Wildman–Crippen LogP) is 2.18. The van der Waals surface area contributed by atoms with Gasteiger partial charge < -0.3 is 14.8 Å². The number of fused-ring (bicyclic) bond motifs is 1. The van der Waals surface area contributed by atoms with Gasteiger partial charge in [-0.2, -0.15) is 0 Å². The van der Waals surface area contributed by atoms with E-state index in [0.29, 0.717) is 12.3 Å². The summed E-state index contributed by atoms with van der Waals surface area (Å²) in [4.78, 5) is 16.4. The number of amides is 1. The molecule has 0 aliphatic carbocycles. The predicted molar refractivity (Wildman–Crippen MR) is 86.6 cm³/mol. The summed E-state index contributed by atoms with van der Waals surface area (Å²) in [6, 6.07) is 5.74. The second-order valence-electron chi connectivity index (χ2n) is 6.58. The number of rotatable bonds is 7. The van der Waals surface area contributed by atoms with Crippen molar-refractivity contribution in [1.29, 1.82) is 0 Å². The van der Waals surface area contributed by atoms with Gasteiger partial charge in [-0.25, -0.2) is 4.98 Å². The second kappa shape index (κ2) is 6.92. The summed E-state index contributed by atoms with van der Waals surface area (Å²) < 4.78 is 1.89. The fourth-order valence-electron chi connectivity index (χ4n) is 2.28. The quantitative estimate of drug-likeness (QED) is 0.824. The van der Waals surface area contributed by atoms with Crippen LogP contribution in [0.1, 0.15) is 39.3 Å². The lowest BCUT2D eigenvalue weighted by molar-refractivity contribution is -0.121. The molecule has 0 bridgehead atoms. The molecule has 5 nitrogen and oxygen atoms in total. The van der Waals surface area contributed by atoms with Gasteiger partial charge in [0, 0.05) is 18.9 Å². The Labute approximate surface area is 131 Å². The lowest BCUT2D eigenvalue weighted by atomic mass is 9.95. The number of nitrogens with one attached hydrogen (secondary N) is 1. The van der Waals surface area contributed by atoms with Gasteiger partial charge in [-0.3, -0.25) is 4.79 Å². The van der Waals surface area contributed by atoms with E-state index in [1.54, 1.807) is 6.92 Å². The number of imidazole rings is 1. The highest BCUT2D eigenvalue weighted by Crippen LogP contribution is 2.15. The van der Waals surface area contributed by atoms with Crippen molar-refractivity contribution >= 4 is 11.6 Å². The maximum Gasteiger partial charge on any atom is 0.226 e. The highest BCUT2D eigenvalue weighted by atomic mass is 16.3. The Morgan fingerprint density at radius 1 is 1.45 bits per heavy atom. The lowest BCUT2D eigenvalue weighted by Gasteiger charge is -2.24. The highest BCUT2D eigenvalue weighted by Gasteiger charge is 2.21. The van der Waals surface area contributed by atoms with Crippen molar-refractivity contribution in [3.63, 3.8) is 0 Å². The van der Waals surface area contributed by atoms with Crippen LogP contribution in [0.5, 0.6) is 0 Å². The molecule has 0 radical (unpaired) electrons. The van der Waals surface area contributed by atoms with Crippen LogP contribution >= 0.6 is 0 Å². The topological polar surface area (TPSA) is 66.6 Å². The summed E-state index contributed by atoms with van der Waals surface area (Å²) in [7, 11) is 0. The minimum Gasteiger partial charge on any atom is -0.388 e. The van der Waals surface area contributed by atoms with E-state index in [-0.39, 0.29) is 18.9 Å². The number of pyridine rings is 1. The molecule has 2 aromatic heterocycles. The first-order valence-corrected chi connectivity index (χ1v) is 7.77. The van der Waals surface area contributed by atoms with Crippen LogP contribution in [0.4, 0.5) is 0 Å². The molecule has 2 rings (SSSR count). The molecule has 2 N–H and O–H groups in total. The maximum atomic E-state index is 12.0. The standard InChI is InChI=1S/C17H25N3O2/c1-13(2)7-8-17(3,22)12-18-16(21)10-14-11-20-9-5-4-6-15(20)19-14/h4-6,9,11,13,22H,7-8,10,12H2,1-3H3,(H,18,21). The molecular weight excluding hydrogens is 278 g/mol. The van der Waals surface area contributed by atoms with E-state index < -0.39 is 5.60 Å². The number of aromatic nitrogens is 2. The van der Waals surface area contributed by atoms with Crippen LogP contribution in [-0.4, -0.2) is 32.5 Å². The summed E-state index contributed by atoms with van der Waals surface area (Å²) in [6.07, 6.45) is 5.60. The number of carbonyl (C=O) groups is 1. The molecule has 2 aromatic rings. The average molecular weight is 303 g/mol. The molecule has 0 spiro atoms. The van der Waals surface area contributed by atoms with Gasteiger partial charge in [0.15, 0.2) is 0 Å². The first-order valence-electron chi connectivity index (χ1n) is 7.77. The maximum absolute atomic E-state index is 12.0. The lowest BCUT2D eigenvalue weighted by Crippen LogP contribution is -2.41. The van der Waals surface area contributed by atoms with Gasteiger partial charge in [-0.1, -0.05) is 19.9 Å². The normalized spacial score (nSPS) is 14.2. The molecule has 0 aliphatic rings. The van der Waals surface area contributed by atoms with Gasteiger partial charge in [0.2, 0.25) is 5.91 Å². The SMILES string of the molecule is CC(C)CCC(C)(O)CNC(=O)Cc1cn2ccccc2n1. The van der Waals surface area contributed by atoms with Gasteiger partial charge in [0.25, 0.3) is 0 Å². The summed E-state index contributed by atoms with van der Waals surface area (Å²) in [5.41, 5.74) is 0.693. The number of hydrogen-bond donors (Lipinski definition) is 2. The Kier molecular flexibility index (Phi) is 5.19. The molecule has 22 heavy (non-hydrogen) atoms. The smallest absolute Gasteiger partial charge is 0.226 e. The molecule has 0 aliphatic heterocycles. The van der Waals surface area contributed by atoms with E-state index in [9.17, 15) is 9.90 Å². The summed E-state index contributed by atoms with van der Waals surface area (Å²) in [5, 5.41) is 13.1. The molecule has 2 heterocycles. The Morgan fingerprint density at radius 3 is 2.91 bits per heavy atom. The second-order valence-corrected chi connectivity index (χ2v) is 6.58. The third-order valence-corrected chi connectivity index (χ3v) is 3.68. The van der Waals surface area contributed by atoms with Crippen molar-refractivity contribution in [2.45, 2.75) is 45.6 Å². The molecule has 5 heteroatoms. The number of aliphatic hydroxyl groups is 1. The fourth-order valence-corrected chi connectivity index (χ4v) is 2.28. The minimum atomic E-state index is -0.862. The molecule has 0 fully saturated rings. The molecule has 1 unspecified atom stereocenters. The van der Waals surface area contributed by atoms with Crippen LogP contribution in [-0.2, 0) is 11.2 Å². The zero-order valence-electron chi connectivity index (χ0n) is 13.5. The van der Waals surface area contributed by atoms with E-state index in [4.69, 9.17) is 0 Å². The van der Waals surface area contributed by atoms with Gasteiger partial charge in [0.1, 0.15) is 5.65 Å². The van der Waals surface area contributed by atoms with Crippen LogP contribution in [0.25, 0.3) is 5.65 Å². The Hall–Kier alpha value is -1.88. The van der Waals surface area contributed by atoms with Crippen molar-refractivity contribution in [3.05, 3.63) is 36.3 Å². The first-order chi connectivity index (χ1) is 10.4. The average Bonchev–Trinajstić information content (AvgIpc) is 2.85. The van der Waals surface area contributed by atoms with Gasteiger partial charge >= 0.3 is 0 Å².